The second-order valence-electron chi connectivity index (χ2n) is 4.33. The molecule has 1 amide bonds. The topological polar surface area (TPSA) is 57.6 Å². The summed E-state index contributed by atoms with van der Waals surface area (Å²) in [7, 11) is 0. The quantitative estimate of drug-likeness (QED) is 0.684. The molecule has 1 aromatic carbocycles. The molecule has 4 nitrogen and oxygen atoms in total. The van der Waals surface area contributed by atoms with Crippen LogP contribution >= 0.6 is 24.0 Å². The molecule has 0 unspecified atom stereocenters. The average Bonchev–Trinajstić information content (AvgIpc) is 2.65. The van der Waals surface area contributed by atoms with E-state index in [1.54, 1.807) is 6.08 Å². The number of rotatable bonds is 4. The summed E-state index contributed by atoms with van der Waals surface area (Å²) >= 11 is 6.34. The van der Waals surface area contributed by atoms with Gasteiger partial charge in [0, 0.05) is 6.54 Å². The van der Waals surface area contributed by atoms with Crippen molar-refractivity contribution < 1.29 is 14.7 Å². The van der Waals surface area contributed by atoms with Gasteiger partial charge in [0.05, 0.1) is 11.3 Å². The molecule has 6 heteroatoms. The van der Waals surface area contributed by atoms with E-state index in [2.05, 4.69) is 0 Å². The SMILES string of the molecule is Cc1ccccc1/C=C1/SC(=S)N(CCC(=O)O)C1=O. The molecule has 0 aliphatic carbocycles. The van der Waals surface area contributed by atoms with Crippen LogP contribution in [0, 0.1) is 6.92 Å². The van der Waals surface area contributed by atoms with E-state index in [9.17, 15) is 9.59 Å². The van der Waals surface area contributed by atoms with Crippen molar-refractivity contribution in [2.24, 2.45) is 0 Å². The van der Waals surface area contributed by atoms with E-state index in [1.165, 1.54) is 16.7 Å². The van der Waals surface area contributed by atoms with Crippen LogP contribution in [-0.4, -0.2) is 32.7 Å². The van der Waals surface area contributed by atoms with Crippen molar-refractivity contribution in [1.29, 1.82) is 0 Å². The van der Waals surface area contributed by atoms with Gasteiger partial charge in [-0.15, -0.1) is 0 Å². The zero-order chi connectivity index (χ0) is 14.7. The summed E-state index contributed by atoms with van der Waals surface area (Å²) in [6.45, 7) is 2.09. The molecule has 0 radical (unpaired) electrons. The third-order valence-electron chi connectivity index (χ3n) is 2.90. The van der Waals surface area contributed by atoms with Gasteiger partial charge in [-0.05, 0) is 24.1 Å². The highest BCUT2D eigenvalue weighted by atomic mass is 32.2. The van der Waals surface area contributed by atoms with Gasteiger partial charge >= 0.3 is 5.97 Å². The van der Waals surface area contributed by atoms with E-state index in [-0.39, 0.29) is 18.9 Å². The van der Waals surface area contributed by atoms with E-state index >= 15 is 0 Å². The number of aryl methyl sites for hydroxylation is 1. The van der Waals surface area contributed by atoms with Crippen molar-refractivity contribution in [1.82, 2.24) is 4.90 Å². The average molecular weight is 307 g/mol. The van der Waals surface area contributed by atoms with Crippen LogP contribution in [0.3, 0.4) is 0 Å². The summed E-state index contributed by atoms with van der Waals surface area (Å²) < 4.78 is 0.413. The summed E-state index contributed by atoms with van der Waals surface area (Å²) in [6.07, 6.45) is 1.69. The predicted molar refractivity (Wildman–Crippen MR) is 83.3 cm³/mol. The first-order valence-electron chi connectivity index (χ1n) is 6.02. The molecule has 1 saturated heterocycles. The Bertz CT molecular complexity index is 610. The van der Waals surface area contributed by atoms with Crippen LogP contribution in [0.2, 0.25) is 0 Å². The summed E-state index contributed by atoms with van der Waals surface area (Å²) in [5.74, 6) is -1.16. The molecular formula is C14H13NO3S2. The first kappa shape index (κ1) is 14.7. The summed E-state index contributed by atoms with van der Waals surface area (Å²) in [5, 5.41) is 8.68. The first-order valence-corrected chi connectivity index (χ1v) is 7.24. The molecular weight excluding hydrogens is 294 g/mol. The molecule has 0 spiro atoms. The van der Waals surface area contributed by atoms with Gasteiger partial charge < -0.3 is 5.11 Å². The Balaban J connectivity index is 2.19. The Morgan fingerprint density at radius 2 is 2.15 bits per heavy atom. The highest BCUT2D eigenvalue weighted by Crippen LogP contribution is 2.32. The zero-order valence-electron chi connectivity index (χ0n) is 10.8. The molecule has 1 aliphatic heterocycles. The molecule has 1 N–H and O–H groups in total. The minimum atomic E-state index is -0.943. The van der Waals surface area contributed by atoms with E-state index in [0.717, 1.165) is 11.1 Å². The minimum Gasteiger partial charge on any atom is -0.481 e. The molecule has 20 heavy (non-hydrogen) atoms. The van der Waals surface area contributed by atoms with Gasteiger partial charge in [-0.25, -0.2) is 0 Å². The molecule has 1 aliphatic rings. The lowest BCUT2D eigenvalue weighted by atomic mass is 10.1. The number of nitrogens with zero attached hydrogens (tertiary/aromatic N) is 1. The molecule has 0 saturated carbocycles. The smallest absolute Gasteiger partial charge is 0.305 e. The third kappa shape index (κ3) is 3.26. The number of benzene rings is 1. The van der Waals surface area contributed by atoms with Gasteiger partial charge in [0.15, 0.2) is 0 Å². The maximum Gasteiger partial charge on any atom is 0.305 e. The summed E-state index contributed by atoms with van der Waals surface area (Å²) in [5.41, 5.74) is 2.04. The van der Waals surface area contributed by atoms with Crippen molar-refractivity contribution in [2.45, 2.75) is 13.3 Å². The Kier molecular flexibility index (Phi) is 4.57. The van der Waals surface area contributed by atoms with Crippen LogP contribution < -0.4 is 0 Å². The van der Waals surface area contributed by atoms with E-state index in [0.29, 0.717) is 9.23 Å². The lowest BCUT2D eigenvalue weighted by molar-refractivity contribution is -0.137. The normalized spacial score (nSPS) is 17.1. The molecule has 104 valence electrons. The highest BCUT2D eigenvalue weighted by molar-refractivity contribution is 8.26. The Morgan fingerprint density at radius 1 is 1.45 bits per heavy atom. The third-order valence-corrected chi connectivity index (χ3v) is 4.28. The summed E-state index contributed by atoms with van der Waals surface area (Å²) in [6, 6.07) is 7.74. The second kappa shape index (κ2) is 6.19. The molecule has 2 rings (SSSR count). The monoisotopic (exact) mass is 307 g/mol. The number of amides is 1. The minimum absolute atomic E-state index is 0.107. The lowest BCUT2D eigenvalue weighted by Gasteiger charge is -2.12. The van der Waals surface area contributed by atoms with Gasteiger partial charge in [-0.2, -0.15) is 0 Å². The first-order chi connectivity index (χ1) is 9.49. The molecule has 1 aromatic rings. The van der Waals surface area contributed by atoms with Gasteiger partial charge in [0.2, 0.25) is 0 Å². The second-order valence-corrected chi connectivity index (χ2v) is 6.01. The van der Waals surface area contributed by atoms with E-state index < -0.39 is 5.97 Å². The zero-order valence-corrected chi connectivity index (χ0v) is 12.5. The van der Waals surface area contributed by atoms with E-state index in [1.807, 2.05) is 31.2 Å². The van der Waals surface area contributed by atoms with Gasteiger partial charge in [0.25, 0.3) is 5.91 Å². The number of aliphatic carboxylic acids is 1. The van der Waals surface area contributed by atoms with Crippen LogP contribution in [0.5, 0.6) is 0 Å². The Morgan fingerprint density at radius 3 is 2.80 bits per heavy atom. The Labute approximate surface area is 126 Å². The number of thiocarbonyl (C=S) groups is 1. The van der Waals surface area contributed by atoms with Crippen LogP contribution in [0.15, 0.2) is 29.2 Å². The van der Waals surface area contributed by atoms with E-state index in [4.69, 9.17) is 17.3 Å². The number of hydrogen-bond donors (Lipinski definition) is 1. The fourth-order valence-electron chi connectivity index (χ4n) is 1.79. The molecule has 1 heterocycles. The summed E-state index contributed by atoms with van der Waals surface area (Å²) in [4.78, 5) is 24.7. The fourth-order valence-corrected chi connectivity index (χ4v) is 3.09. The Hall–Kier alpha value is -1.66. The van der Waals surface area contributed by atoms with Crippen molar-refractivity contribution in [3.63, 3.8) is 0 Å². The molecule has 1 fully saturated rings. The molecule has 0 atom stereocenters. The number of carbonyl (C=O) groups excluding carboxylic acids is 1. The number of thioether (sulfide) groups is 1. The largest absolute Gasteiger partial charge is 0.481 e. The molecule has 0 bridgehead atoms. The van der Waals surface area contributed by atoms with Crippen LogP contribution in [0.25, 0.3) is 6.08 Å². The maximum atomic E-state index is 12.2. The maximum absolute atomic E-state index is 12.2. The number of carbonyl (C=O) groups is 2. The van der Waals surface area contributed by atoms with Crippen LogP contribution in [-0.2, 0) is 9.59 Å². The van der Waals surface area contributed by atoms with Gasteiger partial charge in [0.1, 0.15) is 4.32 Å². The van der Waals surface area contributed by atoms with Crippen molar-refractivity contribution in [3.05, 3.63) is 40.3 Å². The van der Waals surface area contributed by atoms with Crippen LogP contribution in [0.1, 0.15) is 17.5 Å². The highest BCUT2D eigenvalue weighted by Gasteiger charge is 2.32. The lowest BCUT2D eigenvalue weighted by Crippen LogP contribution is -2.30. The number of hydrogen-bond acceptors (Lipinski definition) is 4. The fraction of sp³-hybridized carbons (Fsp3) is 0.214. The van der Waals surface area contributed by atoms with Gasteiger partial charge in [-0.3, -0.25) is 14.5 Å². The molecule has 0 aromatic heterocycles. The van der Waals surface area contributed by atoms with Crippen LogP contribution in [0.4, 0.5) is 0 Å². The standard InChI is InChI=1S/C14H13NO3S2/c1-9-4-2-3-5-10(9)8-11-13(18)15(14(19)20-11)7-6-12(16)17/h2-5,8H,6-7H2,1H3,(H,16,17)/b11-8+. The van der Waals surface area contributed by atoms with Gasteiger partial charge in [-0.1, -0.05) is 48.2 Å². The van der Waals surface area contributed by atoms with Crippen molar-refractivity contribution in [3.8, 4) is 0 Å². The van der Waals surface area contributed by atoms with Crippen molar-refractivity contribution >= 4 is 46.3 Å². The van der Waals surface area contributed by atoms with Crippen molar-refractivity contribution in [2.75, 3.05) is 6.54 Å². The number of carboxylic acids is 1. The number of carboxylic acid groups (broad SMARTS) is 1. The predicted octanol–water partition coefficient (Wildman–Crippen LogP) is 2.67.